The van der Waals surface area contributed by atoms with Crippen LogP contribution in [0.2, 0.25) is 0 Å². The van der Waals surface area contributed by atoms with Crippen molar-refractivity contribution in [1.29, 1.82) is 0 Å². The number of hydrogen-bond donors (Lipinski definition) is 1. The van der Waals surface area contributed by atoms with Gasteiger partial charge < -0.3 is 10.1 Å². The minimum Gasteiger partial charge on any atom is -0.381 e. The molecule has 0 saturated carbocycles. The summed E-state index contributed by atoms with van der Waals surface area (Å²) in [5.41, 5.74) is 0. The van der Waals surface area contributed by atoms with Gasteiger partial charge in [0, 0.05) is 26.7 Å². The zero-order chi connectivity index (χ0) is 9.52. The van der Waals surface area contributed by atoms with Gasteiger partial charge in [0.1, 0.15) is 0 Å². The molecular weight excluding hydrogens is 166 g/mol. The third-order valence-corrected chi connectivity index (χ3v) is 2.50. The highest BCUT2D eigenvalue weighted by molar-refractivity contribution is 5.72. The Hall–Kier alpha value is -0.570. The Kier molecular flexibility index (Phi) is 4.83. The molecule has 0 aromatic heterocycles. The minimum absolute atomic E-state index is 0.0759. The maximum atomic E-state index is 10.6. The molecular formula is C10H19NO2. The van der Waals surface area contributed by atoms with Crippen molar-refractivity contribution in [2.24, 2.45) is 5.92 Å². The molecule has 1 N–H and O–H groups in total. The highest BCUT2D eigenvalue weighted by atomic mass is 16.5. The van der Waals surface area contributed by atoms with Crippen LogP contribution in [0.1, 0.15) is 32.6 Å². The zero-order valence-electron chi connectivity index (χ0n) is 8.34. The van der Waals surface area contributed by atoms with Gasteiger partial charge in [-0.1, -0.05) is 0 Å². The summed E-state index contributed by atoms with van der Waals surface area (Å²) < 4.78 is 5.27. The average molecular weight is 185 g/mol. The molecule has 1 aliphatic heterocycles. The summed E-state index contributed by atoms with van der Waals surface area (Å²) in [5, 5.41) is 2.81. The molecule has 1 saturated heterocycles. The normalized spacial score (nSPS) is 18.5. The lowest BCUT2D eigenvalue weighted by Gasteiger charge is -2.21. The van der Waals surface area contributed by atoms with Crippen molar-refractivity contribution in [3.05, 3.63) is 0 Å². The van der Waals surface area contributed by atoms with Crippen molar-refractivity contribution >= 4 is 5.91 Å². The SMILES string of the molecule is CC(=O)NCCCC1CCOCC1. The smallest absolute Gasteiger partial charge is 0.216 e. The standard InChI is InChI=1S/C10H19NO2/c1-9(12)11-6-2-3-10-4-7-13-8-5-10/h10H,2-8H2,1H3,(H,11,12). The second kappa shape index (κ2) is 5.97. The van der Waals surface area contributed by atoms with E-state index in [9.17, 15) is 4.79 Å². The molecule has 0 aromatic carbocycles. The van der Waals surface area contributed by atoms with Gasteiger partial charge in [0.15, 0.2) is 0 Å². The maximum Gasteiger partial charge on any atom is 0.216 e. The summed E-state index contributed by atoms with van der Waals surface area (Å²) in [6, 6.07) is 0. The largest absolute Gasteiger partial charge is 0.381 e. The predicted octanol–water partition coefficient (Wildman–Crippen LogP) is 1.33. The fraction of sp³-hybridized carbons (Fsp3) is 0.900. The molecule has 13 heavy (non-hydrogen) atoms. The molecule has 0 atom stereocenters. The predicted molar refractivity (Wildman–Crippen MR) is 51.5 cm³/mol. The van der Waals surface area contributed by atoms with Crippen LogP contribution in [0, 0.1) is 5.92 Å². The average Bonchev–Trinajstić information content (AvgIpc) is 2.14. The summed E-state index contributed by atoms with van der Waals surface area (Å²) >= 11 is 0. The van der Waals surface area contributed by atoms with E-state index >= 15 is 0 Å². The van der Waals surface area contributed by atoms with Crippen LogP contribution in [0.5, 0.6) is 0 Å². The first-order valence-corrected chi connectivity index (χ1v) is 5.11. The van der Waals surface area contributed by atoms with Crippen LogP contribution in [0.3, 0.4) is 0 Å². The number of ether oxygens (including phenoxy) is 1. The summed E-state index contributed by atoms with van der Waals surface area (Å²) in [6.45, 7) is 4.23. The Morgan fingerprint density at radius 3 is 2.77 bits per heavy atom. The molecule has 1 rings (SSSR count). The van der Waals surface area contributed by atoms with E-state index in [1.165, 1.54) is 19.3 Å². The number of nitrogens with one attached hydrogen (secondary N) is 1. The van der Waals surface area contributed by atoms with Gasteiger partial charge in [-0.2, -0.15) is 0 Å². The Labute approximate surface area is 79.8 Å². The molecule has 1 aliphatic rings. The van der Waals surface area contributed by atoms with Gasteiger partial charge in [0.05, 0.1) is 0 Å². The molecule has 3 heteroatoms. The van der Waals surface area contributed by atoms with Crippen molar-refractivity contribution in [3.63, 3.8) is 0 Å². The molecule has 0 aliphatic carbocycles. The number of amides is 1. The van der Waals surface area contributed by atoms with E-state index in [0.717, 1.165) is 32.1 Å². The lowest BCUT2D eigenvalue weighted by atomic mass is 9.95. The summed E-state index contributed by atoms with van der Waals surface area (Å²) in [5.74, 6) is 0.898. The topological polar surface area (TPSA) is 38.3 Å². The fourth-order valence-corrected chi connectivity index (χ4v) is 1.69. The molecule has 1 heterocycles. The van der Waals surface area contributed by atoms with E-state index in [4.69, 9.17) is 4.74 Å². The third-order valence-electron chi connectivity index (χ3n) is 2.50. The van der Waals surface area contributed by atoms with Crippen molar-refractivity contribution in [1.82, 2.24) is 5.32 Å². The molecule has 0 spiro atoms. The molecule has 76 valence electrons. The van der Waals surface area contributed by atoms with Crippen LogP contribution in [0.4, 0.5) is 0 Å². The van der Waals surface area contributed by atoms with E-state index < -0.39 is 0 Å². The van der Waals surface area contributed by atoms with Crippen LogP contribution in [0.25, 0.3) is 0 Å². The highest BCUT2D eigenvalue weighted by Crippen LogP contribution is 2.19. The van der Waals surface area contributed by atoms with Crippen molar-refractivity contribution in [2.45, 2.75) is 32.6 Å². The van der Waals surface area contributed by atoms with Crippen molar-refractivity contribution in [2.75, 3.05) is 19.8 Å². The monoisotopic (exact) mass is 185 g/mol. The number of hydrogen-bond acceptors (Lipinski definition) is 2. The first kappa shape index (κ1) is 10.5. The number of carbonyl (C=O) groups excluding carboxylic acids is 1. The Balaban J connectivity index is 1.95. The molecule has 0 radical (unpaired) electrons. The maximum absolute atomic E-state index is 10.6. The Morgan fingerprint density at radius 2 is 2.15 bits per heavy atom. The molecule has 1 amide bonds. The lowest BCUT2D eigenvalue weighted by molar-refractivity contribution is -0.118. The van der Waals surface area contributed by atoms with Gasteiger partial charge in [0.2, 0.25) is 5.91 Å². The first-order valence-electron chi connectivity index (χ1n) is 5.11. The molecule has 0 unspecified atom stereocenters. The Bertz CT molecular complexity index is 153. The van der Waals surface area contributed by atoms with Gasteiger partial charge >= 0.3 is 0 Å². The van der Waals surface area contributed by atoms with Gasteiger partial charge in [-0.15, -0.1) is 0 Å². The van der Waals surface area contributed by atoms with Gasteiger partial charge in [-0.3, -0.25) is 4.79 Å². The van der Waals surface area contributed by atoms with Crippen LogP contribution in [-0.4, -0.2) is 25.7 Å². The van der Waals surface area contributed by atoms with E-state index in [1.54, 1.807) is 6.92 Å². The second-order valence-electron chi connectivity index (χ2n) is 3.68. The summed E-state index contributed by atoms with van der Waals surface area (Å²) in [4.78, 5) is 10.6. The van der Waals surface area contributed by atoms with Gasteiger partial charge in [0.25, 0.3) is 0 Å². The molecule has 0 bridgehead atoms. The molecule has 0 aromatic rings. The molecule has 1 fully saturated rings. The summed E-state index contributed by atoms with van der Waals surface area (Å²) in [6.07, 6.45) is 4.72. The lowest BCUT2D eigenvalue weighted by Crippen LogP contribution is -2.22. The fourth-order valence-electron chi connectivity index (χ4n) is 1.69. The van der Waals surface area contributed by atoms with E-state index in [1.807, 2.05) is 0 Å². The van der Waals surface area contributed by atoms with E-state index in [-0.39, 0.29) is 5.91 Å². The van der Waals surface area contributed by atoms with Crippen LogP contribution >= 0.6 is 0 Å². The van der Waals surface area contributed by atoms with Gasteiger partial charge in [-0.05, 0) is 31.6 Å². The Morgan fingerprint density at radius 1 is 1.46 bits per heavy atom. The van der Waals surface area contributed by atoms with E-state index in [2.05, 4.69) is 5.32 Å². The third kappa shape index (κ3) is 4.88. The molecule has 3 nitrogen and oxygen atoms in total. The van der Waals surface area contributed by atoms with Crippen LogP contribution in [0.15, 0.2) is 0 Å². The highest BCUT2D eigenvalue weighted by Gasteiger charge is 2.12. The van der Waals surface area contributed by atoms with Crippen molar-refractivity contribution in [3.8, 4) is 0 Å². The quantitative estimate of drug-likeness (QED) is 0.671. The van der Waals surface area contributed by atoms with E-state index in [0.29, 0.717) is 0 Å². The zero-order valence-corrected chi connectivity index (χ0v) is 8.34. The van der Waals surface area contributed by atoms with Crippen LogP contribution in [-0.2, 0) is 9.53 Å². The van der Waals surface area contributed by atoms with Gasteiger partial charge in [-0.25, -0.2) is 0 Å². The summed E-state index contributed by atoms with van der Waals surface area (Å²) in [7, 11) is 0. The minimum atomic E-state index is 0.0759. The number of carbonyl (C=O) groups is 1. The van der Waals surface area contributed by atoms with Crippen molar-refractivity contribution < 1.29 is 9.53 Å². The van der Waals surface area contributed by atoms with Crippen LogP contribution < -0.4 is 5.32 Å². The number of rotatable bonds is 4. The first-order chi connectivity index (χ1) is 6.29. The second-order valence-corrected chi connectivity index (χ2v) is 3.68.